The number of anilines is 3. The largest absolute Gasteiger partial charge is 0.309 e. The number of aryl methyl sites for hydroxylation is 2. The van der Waals surface area contributed by atoms with Gasteiger partial charge in [0.05, 0.1) is 27.8 Å². The van der Waals surface area contributed by atoms with E-state index in [1.807, 2.05) is 0 Å². The fourth-order valence-corrected chi connectivity index (χ4v) is 11.7. The van der Waals surface area contributed by atoms with Gasteiger partial charge in [-0.25, -0.2) is 0 Å². The summed E-state index contributed by atoms with van der Waals surface area (Å²) in [6, 6.07) is 85.4. The summed E-state index contributed by atoms with van der Waals surface area (Å²) in [7, 11) is 0. The van der Waals surface area contributed by atoms with Gasteiger partial charge < -0.3 is 9.47 Å². The predicted molar refractivity (Wildman–Crippen MR) is 272 cm³/mol. The number of hydrogen-bond acceptors (Lipinski definition) is 1. The van der Waals surface area contributed by atoms with Gasteiger partial charge in [0.1, 0.15) is 0 Å². The van der Waals surface area contributed by atoms with E-state index in [4.69, 9.17) is 0 Å². The minimum Gasteiger partial charge on any atom is -0.309 e. The number of para-hydroxylation sites is 2. The van der Waals surface area contributed by atoms with E-state index in [1.54, 1.807) is 0 Å². The van der Waals surface area contributed by atoms with Crippen LogP contribution in [0.2, 0.25) is 0 Å². The lowest BCUT2D eigenvalue weighted by molar-refractivity contribution is 0.794. The van der Waals surface area contributed by atoms with Gasteiger partial charge in [-0.1, -0.05) is 176 Å². The summed E-state index contributed by atoms with van der Waals surface area (Å²) >= 11 is 0. The minimum absolute atomic E-state index is 0.441. The average Bonchev–Trinajstić information content (AvgIpc) is 3.98. The van der Waals surface area contributed by atoms with Gasteiger partial charge >= 0.3 is 0 Å². The Labute approximate surface area is 380 Å². The van der Waals surface area contributed by atoms with Crippen LogP contribution in [0.25, 0.3) is 72.0 Å². The van der Waals surface area contributed by atoms with Crippen molar-refractivity contribution in [2.24, 2.45) is 0 Å². The lowest BCUT2D eigenvalue weighted by atomic mass is 9.70. The molecule has 0 bridgehead atoms. The molecule has 0 radical (unpaired) electrons. The molecule has 65 heavy (non-hydrogen) atoms. The van der Waals surface area contributed by atoms with E-state index in [1.165, 1.54) is 111 Å². The summed E-state index contributed by atoms with van der Waals surface area (Å²) in [5.41, 5.74) is 24.5. The summed E-state index contributed by atoms with van der Waals surface area (Å²) in [6.45, 7) is 4.60. The van der Waals surface area contributed by atoms with Crippen LogP contribution in [0.15, 0.2) is 231 Å². The van der Waals surface area contributed by atoms with Gasteiger partial charge in [0, 0.05) is 27.7 Å². The maximum absolute atomic E-state index is 2.55. The molecule has 2 heteroatoms. The van der Waals surface area contributed by atoms with Crippen LogP contribution in [0, 0.1) is 13.8 Å². The second-order valence-corrected chi connectivity index (χ2v) is 17.7. The molecule has 1 heterocycles. The van der Waals surface area contributed by atoms with Crippen molar-refractivity contribution in [3.8, 4) is 50.2 Å². The van der Waals surface area contributed by atoms with E-state index >= 15 is 0 Å². The number of fused-ring (bicyclic) bond motifs is 13. The molecule has 0 aliphatic heterocycles. The molecule has 0 N–H and O–H groups in total. The smallest absolute Gasteiger partial charge is 0.0726 e. The Balaban J connectivity index is 1.05. The van der Waals surface area contributed by atoms with E-state index in [0.717, 1.165) is 11.4 Å². The highest BCUT2D eigenvalue weighted by Crippen LogP contribution is 2.65. The third-order valence-corrected chi connectivity index (χ3v) is 14.2. The number of benzene rings is 10. The maximum Gasteiger partial charge on any atom is 0.0726 e. The standard InChI is InChI=1S/C63H44N2/c1-41-39-45(48-27-17-33-58-60(48)52-26-12-16-32-57(52)64(58)46-21-7-4-8-22-46)40-42(2)62(41)65(47-37-35-44(36-38-47)43-19-5-3-6-20-43)59-34-18-31-56-61(59)51-25-11-15-30-55(51)63(56)53-28-13-9-23-49(53)50-24-10-14-29-54(50)63/h3-40H,1-2H3. The van der Waals surface area contributed by atoms with Gasteiger partial charge in [-0.2, -0.15) is 0 Å². The van der Waals surface area contributed by atoms with Crippen molar-refractivity contribution in [2.45, 2.75) is 19.3 Å². The molecule has 0 unspecified atom stereocenters. The first-order chi connectivity index (χ1) is 32.1. The van der Waals surface area contributed by atoms with E-state index in [2.05, 4.69) is 254 Å². The van der Waals surface area contributed by atoms with E-state index in [0.29, 0.717) is 0 Å². The number of nitrogens with zero attached hydrogens (tertiary/aromatic N) is 2. The molecule has 1 aromatic heterocycles. The van der Waals surface area contributed by atoms with Crippen LogP contribution >= 0.6 is 0 Å². The maximum atomic E-state index is 2.55. The Hall–Kier alpha value is -8.20. The van der Waals surface area contributed by atoms with Crippen molar-refractivity contribution in [1.82, 2.24) is 4.57 Å². The second-order valence-electron chi connectivity index (χ2n) is 17.7. The van der Waals surface area contributed by atoms with Crippen LogP contribution in [-0.4, -0.2) is 4.57 Å². The topological polar surface area (TPSA) is 8.17 Å². The summed E-state index contributed by atoms with van der Waals surface area (Å²) < 4.78 is 2.41. The first kappa shape index (κ1) is 37.4. The fraction of sp³-hybridized carbons (Fsp3) is 0.0476. The molecule has 10 aromatic carbocycles. The van der Waals surface area contributed by atoms with Crippen molar-refractivity contribution in [1.29, 1.82) is 0 Å². The third kappa shape index (κ3) is 5.35. The van der Waals surface area contributed by atoms with Crippen molar-refractivity contribution in [3.63, 3.8) is 0 Å². The highest BCUT2D eigenvalue weighted by molar-refractivity contribution is 6.16. The van der Waals surface area contributed by atoms with E-state index in [9.17, 15) is 0 Å². The molecule has 2 aliphatic rings. The van der Waals surface area contributed by atoms with E-state index < -0.39 is 5.41 Å². The van der Waals surface area contributed by atoms with Crippen molar-refractivity contribution < 1.29 is 0 Å². The lowest BCUT2D eigenvalue weighted by Gasteiger charge is -2.33. The van der Waals surface area contributed by atoms with Gasteiger partial charge in [0.15, 0.2) is 0 Å². The van der Waals surface area contributed by atoms with Crippen molar-refractivity contribution >= 4 is 38.9 Å². The zero-order chi connectivity index (χ0) is 43.2. The average molecular weight is 829 g/mol. The molecular formula is C63H44N2. The first-order valence-electron chi connectivity index (χ1n) is 22.7. The Morgan fingerprint density at radius 2 is 0.892 bits per heavy atom. The fourth-order valence-electron chi connectivity index (χ4n) is 11.7. The first-order valence-corrected chi connectivity index (χ1v) is 22.7. The van der Waals surface area contributed by atoms with Crippen LogP contribution in [0.5, 0.6) is 0 Å². The molecule has 1 spiro atoms. The molecule has 0 fully saturated rings. The predicted octanol–water partition coefficient (Wildman–Crippen LogP) is 16.5. The van der Waals surface area contributed by atoms with Crippen LogP contribution in [-0.2, 0) is 5.41 Å². The van der Waals surface area contributed by atoms with Gasteiger partial charge in [-0.15, -0.1) is 0 Å². The number of hydrogen-bond donors (Lipinski definition) is 0. The van der Waals surface area contributed by atoms with Crippen LogP contribution in [0.4, 0.5) is 17.1 Å². The lowest BCUT2D eigenvalue weighted by Crippen LogP contribution is -2.26. The van der Waals surface area contributed by atoms with Gasteiger partial charge in [-0.3, -0.25) is 0 Å². The Morgan fingerprint density at radius 1 is 0.385 bits per heavy atom. The Morgan fingerprint density at radius 3 is 1.58 bits per heavy atom. The molecule has 13 rings (SSSR count). The molecule has 306 valence electrons. The highest BCUT2D eigenvalue weighted by atomic mass is 15.2. The van der Waals surface area contributed by atoms with Crippen LogP contribution in [0.1, 0.15) is 33.4 Å². The summed E-state index contributed by atoms with van der Waals surface area (Å²) in [5, 5.41) is 2.52. The Bertz CT molecular complexity index is 3600. The number of aromatic nitrogens is 1. The van der Waals surface area contributed by atoms with Gasteiger partial charge in [0.2, 0.25) is 0 Å². The molecular weight excluding hydrogens is 785 g/mol. The highest BCUT2D eigenvalue weighted by Gasteiger charge is 2.52. The monoisotopic (exact) mass is 828 g/mol. The zero-order valence-corrected chi connectivity index (χ0v) is 36.3. The summed E-state index contributed by atoms with van der Waals surface area (Å²) in [6.07, 6.45) is 0. The molecule has 0 saturated carbocycles. The number of rotatable bonds is 6. The normalized spacial score (nSPS) is 12.9. The van der Waals surface area contributed by atoms with Gasteiger partial charge in [0.25, 0.3) is 0 Å². The Kier molecular flexibility index (Phi) is 8.29. The summed E-state index contributed by atoms with van der Waals surface area (Å²) in [5.74, 6) is 0. The molecule has 2 nitrogen and oxygen atoms in total. The van der Waals surface area contributed by atoms with Crippen LogP contribution in [0.3, 0.4) is 0 Å². The second kappa shape index (κ2) is 14.4. The third-order valence-electron chi connectivity index (χ3n) is 14.2. The molecule has 0 atom stereocenters. The molecule has 0 amide bonds. The molecule has 0 saturated heterocycles. The SMILES string of the molecule is Cc1cc(-c2cccc3c2c2ccccc2n3-c2ccccc2)cc(C)c1N(c1ccc(-c2ccccc2)cc1)c1cccc2c1-c1ccccc1C21c2ccccc2-c2ccccc21. The molecule has 2 aliphatic carbocycles. The van der Waals surface area contributed by atoms with Crippen molar-refractivity contribution in [3.05, 3.63) is 264 Å². The van der Waals surface area contributed by atoms with Gasteiger partial charge in [-0.05, 0) is 141 Å². The van der Waals surface area contributed by atoms with Crippen molar-refractivity contribution in [2.75, 3.05) is 4.90 Å². The summed E-state index contributed by atoms with van der Waals surface area (Å²) in [4.78, 5) is 2.55. The zero-order valence-electron chi connectivity index (χ0n) is 36.3. The molecule has 11 aromatic rings. The van der Waals surface area contributed by atoms with E-state index in [-0.39, 0.29) is 0 Å². The van der Waals surface area contributed by atoms with Crippen LogP contribution < -0.4 is 4.90 Å². The quantitative estimate of drug-likeness (QED) is 0.162. The minimum atomic E-state index is -0.441.